The van der Waals surface area contributed by atoms with Crippen LogP contribution in [0.1, 0.15) is 59.4 Å². The highest BCUT2D eigenvalue weighted by molar-refractivity contribution is 5.93. The third-order valence-corrected chi connectivity index (χ3v) is 6.88. The largest absolute Gasteiger partial charge is 0.438 e. The van der Waals surface area contributed by atoms with Gasteiger partial charge in [-0.2, -0.15) is 13.2 Å². The average Bonchev–Trinajstić information content (AvgIpc) is 3.56. The number of nitrogens with zero attached hydrogens (tertiary/aromatic N) is 4. The quantitative estimate of drug-likeness (QED) is 0.446. The molecule has 10 nitrogen and oxygen atoms in total. The van der Waals surface area contributed by atoms with Gasteiger partial charge in [0.25, 0.3) is 5.91 Å². The van der Waals surface area contributed by atoms with Gasteiger partial charge in [0.1, 0.15) is 23.3 Å². The van der Waals surface area contributed by atoms with Crippen molar-refractivity contribution in [3.05, 3.63) is 41.0 Å². The molecule has 5 rings (SSSR count). The Balaban J connectivity index is 1.38. The first-order valence-corrected chi connectivity index (χ1v) is 11.9. The highest BCUT2D eigenvalue weighted by atomic mass is 19.4. The van der Waals surface area contributed by atoms with Gasteiger partial charge in [0.05, 0.1) is 6.54 Å². The van der Waals surface area contributed by atoms with E-state index in [9.17, 15) is 31.5 Å². The van der Waals surface area contributed by atoms with Gasteiger partial charge >= 0.3 is 12.2 Å². The molecule has 204 valence electrons. The molecule has 0 radical (unpaired) electrons. The fraction of sp³-hybridized carbons (Fsp3) is 0.522. The van der Waals surface area contributed by atoms with Crippen molar-refractivity contribution in [1.82, 2.24) is 30.8 Å². The van der Waals surface area contributed by atoms with Crippen molar-refractivity contribution in [1.29, 1.82) is 0 Å². The Kier molecular flexibility index (Phi) is 6.47. The number of halogens is 5. The molecule has 0 spiro atoms. The minimum Gasteiger partial charge on any atom is -0.438 e. The number of urea groups is 1. The summed E-state index contributed by atoms with van der Waals surface area (Å²) in [6.45, 7) is 0.911. The van der Waals surface area contributed by atoms with Gasteiger partial charge in [-0.3, -0.25) is 4.79 Å². The van der Waals surface area contributed by atoms with Crippen molar-refractivity contribution < 1.29 is 40.6 Å². The number of hydrogen-bond donors (Lipinski definition) is 2. The Hall–Kier alpha value is -3.78. The lowest BCUT2D eigenvalue weighted by Crippen LogP contribution is -2.40. The summed E-state index contributed by atoms with van der Waals surface area (Å²) in [5.41, 5.74) is 1.36. The Labute approximate surface area is 211 Å². The standard InChI is InChI=1S/C23H23F5N6O4/c1-11-17(33-38-32-11)19(35)31-18(13-4-6-22(24,25)7-5-13)20-29-14-8-12(2-3-15(14)37-20)9-34-10-16(23(26,27)28)30-21(34)36/h2-3,8,13,16,18H,4-7,9-10H2,1H3,(H,30,36)(H,31,35). The van der Waals surface area contributed by atoms with Crippen LogP contribution in [0.2, 0.25) is 0 Å². The number of aromatic nitrogens is 3. The van der Waals surface area contributed by atoms with Crippen LogP contribution >= 0.6 is 0 Å². The van der Waals surface area contributed by atoms with Crippen LogP contribution in [0.15, 0.2) is 27.2 Å². The van der Waals surface area contributed by atoms with Crippen molar-refractivity contribution in [3.63, 3.8) is 0 Å². The van der Waals surface area contributed by atoms with E-state index in [1.54, 1.807) is 18.2 Å². The Morgan fingerprint density at radius 1 is 1.26 bits per heavy atom. The molecule has 3 aromatic rings. The maximum atomic E-state index is 13.8. The van der Waals surface area contributed by atoms with Crippen LogP contribution in [0, 0.1) is 12.8 Å². The normalized spacial score (nSPS) is 21.1. The van der Waals surface area contributed by atoms with Gasteiger partial charge in [-0.15, -0.1) is 0 Å². The number of alkyl halides is 5. The van der Waals surface area contributed by atoms with Crippen LogP contribution < -0.4 is 10.6 Å². The number of aryl methyl sites for hydroxylation is 1. The summed E-state index contributed by atoms with van der Waals surface area (Å²) >= 11 is 0. The van der Waals surface area contributed by atoms with Crippen LogP contribution in [0.3, 0.4) is 0 Å². The summed E-state index contributed by atoms with van der Waals surface area (Å²) in [6, 6.07) is 1.06. The minimum absolute atomic E-state index is 0.0596. The maximum absolute atomic E-state index is 13.8. The average molecular weight is 542 g/mol. The van der Waals surface area contributed by atoms with Crippen LogP contribution in [0.5, 0.6) is 0 Å². The lowest BCUT2D eigenvalue weighted by atomic mass is 9.82. The van der Waals surface area contributed by atoms with Crippen LogP contribution in [0.25, 0.3) is 11.1 Å². The van der Waals surface area contributed by atoms with Gasteiger partial charge in [-0.1, -0.05) is 11.2 Å². The number of fused-ring (bicyclic) bond motifs is 1. The first-order chi connectivity index (χ1) is 17.9. The van der Waals surface area contributed by atoms with Gasteiger partial charge < -0.3 is 20.0 Å². The zero-order chi connectivity index (χ0) is 27.2. The summed E-state index contributed by atoms with van der Waals surface area (Å²) in [5.74, 6) is -3.74. The zero-order valence-corrected chi connectivity index (χ0v) is 20.0. The van der Waals surface area contributed by atoms with Gasteiger partial charge in [0.2, 0.25) is 11.8 Å². The zero-order valence-electron chi connectivity index (χ0n) is 20.0. The summed E-state index contributed by atoms with van der Waals surface area (Å²) < 4.78 is 77.1. The van der Waals surface area contributed by atoms with Crippen molar-refractivity contribution in [3.8, 4) is 0 Å². The molecular formula is C23H23F5N6O4. The van der Waals surface area contributed by atoms with E-state index >= 15 is 0 Å². The number of nitrogens with one attached hydrogen (secondary N) is 2. The van der Waals surface area contributed by atoms with Crippen molar-refractivity contribution in [2.75, 3.05) is 6.54 Å². The SMILES string of the molecule is Cc1nonc1C(=O)NC(c1nc2cc(CN3CC(C(F)(F)F)NC3=O)ccc2o1)C1CCC(F)(F)CC1. The number of benzene rings is 1. The van der Waals surface area contributed by atoms with Crippen LogP contribution in [-0.4, -0.2) is 56.8 Å². The molecule has 2 aliphatic rings. The third kappa shape index (κ3) is 5.27. The van der Waals surface area contributed by atoms with Crippen molar-refractivity contribution in [2.45, 2.75) is 63.3 Å². The first kappa shape index (κ1) is 25.9. The van der Waals surface area contributed by atoms with E-state index in [0.29, 0.717) is 16.7 Å². The Bertz CT molecular complexity index is 1350. The summed E-state index contributed by atoms with van der Waals surface area (Å²) in [7, 11) is 0. The lowest BCUT2D eigenvalue weighted by molar-refractivity contribution is -0.149. The molecule has 1 aliphatic carbocycles. The molecule has 15 heteroatoms. The van der Waals surface area contributed by atoms with Crippen LogP contribution in [-0.2, 0) is 6.54 Å². The van der Waals surface area contributed by atoms with E-state index in [2.05, 4.69) is 25.2 Å². The monoisotopic (exact) mass is 542 g/mol. The molecule has 2 N–H and O–H groups in total. The molecule has 2 atom stereocenters. The van der Waals surface area contributed by atoms with Gasteiger partial charge in [-0.25, -0.2) is 23.2 Å². The molecule has 3 heterocycles. The van der Waals surface area contributed by atoms with Gasteiger partial charge in [0.15, 0.2) is 11.3 Å². The van der Waals surface area contributed by atoms with Gasteiger partial charge in [0, 0.05) is 19.4 Å². The first-order valence-electron chi connectivity index (χ1n) is 11.9. The number of carbonyl (C=O) groups excluding carboxylic acids is 2. The second-order valence-corrected chi connectivity index (χ2v) is 9.62. The Morgan fingerprint density at radius 3 is 2.63 bits per heavy atom. The minimum atomic E-state index is -4.56. The predicted molar refractivity (Wildman–Crippen MR) is 119 cm³/mol. The molecule has 2 unspecified atom stereocenters. The van der Waals surface area contributed by atoms with Crippen molar-refractivity contribution >= 4 is 23.0 Å². The number of oxazole rings is 1. The summed E-state index contributed by atoms with van der Waals surface area (Å²) in [6.07, 6.45) is -5.03. The van der Waals surface area contributed by atoms with Crippen molar-refractivity contribution in [2.24, 2.45) is 5.92 Å². The molecule has 1 saturated heterocycles. The topological polar surface area (TPSA) is 126 Å². The molecule has 38 heavy (non-hydrogen) atoms. The number of hydrogen-bond acceptors (Lipinski definition) is 7. The molecular weight excluding hydrogens is 519 g/mol. The van der Waals surface area contributed by atoms with E-state index < -0.39 is 48.6 Å². The van der Waals surface area contributed by atoms with E-state index in [1.165, 1.54) is 6.92 Å². The predicted octanol–water partition coefficient (Wildman–Crippen LogP) is 4.27. The maximum Gasteiger partial charge on any atom is 0.410 e. The number of carbonyl (C=O) groups is 2. The smallest absolute Gasteiger partial charge is 0.410 e. The second-order valence-electron chi connectivity index (χ2n) is 9.62. The lowest BCUT2D eigenvalue weighted by Gasteiger charge is -2.32. The molecule has 2 aromatic heterocycles. The van der Waals surface area contributed by atoms with Crippen LogP contribution in [0.4, 0.5) is 26.7 Å². The molecule has 1 aromatic carbocycles. The molecule has 0 bridgehead atoms. The van der Waals surface area contributed by atoms with E-state index in [0.717, 1.165) is 4.90 Å². The summed E-state index contributed by atoms with van der Waals surface area (Å²) in [5, 5.41) is 11.8. The number of amides is 3. The van der Waals surface area contributed by atoms with E-state index in [1.807, 2.05) is 5.32 Å². The number of rotatable bonds is 6. The fourth-order valence-electron chi connectivity index (χ4n) is 4.78. The summed E-state index contributed by atoms with van der Waals surface area (Å²) in [4.78, 5) is 30.4. The van der Waals surface area contributed by atoms with E-state index in [4.69, 9.17) is 4.42 Å². The highest BCUT2D eigenvalue weighted by Gasteiger charge is 2.47. The molecule has 3 amide bonds. The Morgan fingerprint density at radius 2 is 2.00 bits per heavy atom. The second kappa shape index (κ2) is 9.51. The third-order valence-electron chi connectivity index (χ3n) is 6.88. The van der Waals surface area contributed by atoms with E-state index in [-0.39, 0.29) is 49.5 Å². The fourth-order valence-corrected chi connectivity index (χ4v) is 4.78. The molecule has 2 fully saturated rings. The van der Waals surface area contributed by atoms with Gasteiger partial charge in [-0.05, 0) is 48.5 Å². The molecule has 1 saturated carbocycles. The highest BCUT2D eigenvalue weighted by Crippen LogP contribution is 2.42. The molecule has 1 aliphatic heterocycles.